The van der Waals surface area contributed by atoms with Gasteiger partial charge in [-0.1, -0.05) is 11.6 Å². The number of halogens is 2. The summed E-state index contributed by atoms with van der Waals surface area (Å²) in [5.41, 5.74) is 1.23. The van der Waals surface area contributed by atoms with Gasteiger partial charge in [-0.2, -0.15) is 0 Å². The van der Waals surface area contributed by atoms with Gasteiger partial charge in [0, 0.05) is 26.2 Å². The Hall–Kier alpha value is -2.85. The van der Waals surface area contributed by atoms with Crippen LogP contribution in [0.1, 0.15) is 21.7 Å². The minimum Gasteiger partial charge on any atom is -0.442 e. The molecule has 2 aliphatic rings. The van der Waals surface area contributed by atoms with E-state index in [2.05, 4.69) is 5.32 Å². The number of ether oxygens (including phenoxy) is 1. The Bertz CT molecular complexity index is 1080. The molecule has 0 saturated carbocycles. The number of rotatable bonds is 5. The summed E-state index contributed by atoms with van der Waals surface area (Å²) >= 11 is 6.99. The third kappa shape index (κ3) is 4.37. The Balaban J connectivity index is 1.45. The summed E-state index contributed by atoms with van der Waals surface area (Å²) in [5, 5.41) is 2.70. The van der Waals surface area contributed by atoms with Gasteiger partial charge in [-0.25, -0.2) is 14.0 Å². The number of amides is 4. The van der Waals surface area contributed by atoms with E-state index < -0.39 is 18.0 Å². The normalized spacial score (nSPS) is 18.9. The van der Waals surface area contributed by atoms with Gasteiger partial charge in [-0.05, 0) is 37.1 Å². The number of anilines is 2. The molecule has 0 radical (unpaired) electrons. The summed E-state index contributed by atoms with van der Waals surface area (Å²) in [7, 11) is 1.71. The van der Waals surface area contributed by atoms with Crippen molar-refractivity contribution < 1.29 is 23.5 Å². The number of cyclic esters (lactones) is 1. The van der Waals surface area contributed by atoms with E-state index in [9.17, 15) is 14.4 Å². The number of carbonyl (C=O) groups is 3. The summed E-state index contributed by atoms with van der Waals surface area (Å²) in [6, 6.07) is 5.88. The zero-order valence-electron chi connectivity index (χ0n) is 17.6. The number of hydrogen-bond acceptors (Lipinski definition) is 5. The van der Waals surface area contributed by atoms with E-state index in [1.54, 1.807) is 42.0 Å². The van der Waals surface area contributed by atoms with Gasteiger partial charge >= 0.3 is 12.1 Å². The van der Waals surface area contributed by atoms with E-state index >= 15 is 4.39 Å². The van der Waals surface area contributed by atoms with E-state index in [1.807, 2.05) is 0 Å². The van der Waals surface area contributed by atoms with Gasteiger partial charge in [0.2, 0.25) is 0 Å². The van der Waals surface area contributed by atoms with Gasteiger partial charge in [-0.15, -0.1) is 11.3 Å². The Morgan fingerprint density at radius 3 is 2.75 bits per heavy atom. The van der Waals surface area contributed by atoms with E-state index in [0.717, 1.165) is 17.8 Å². The van der Waals surface area contributed by atoms with E-state index in [-0.39, 0.29) is 30.7 Å². The predicted octanol–water partition coefficient (Wildman–Crippen LogP) is 3.87. The van der Waals surface area contributed by atoms with Crippen LogP contribution < -0.4 is 15.1 Å². The van der Waals surface area contributed by atoms with Gasteiger partial charge in [-0.3, -0.25) is 14.6 Å². The first-order valence-electron chi connectivity index (χ1n) is 10.1. The number of hydrogen-bond donors (Lipinski definition) is 1. The molecule has 0 spiro atoms. The lowest BCUT2D eigenvalue weighted by molar-refractivity contribution is 0.0920. The number of nitrogens with one attached hydrogen (secondary N) is 1. The zero-order valence-corrected chi connectivity index (χ0v) is 19.1. The number of aryl methyl sites for hydroxylation is 1. The zero-order chi connectivity index (χ0) is 23.0. The smallest absolute Gasteiger partial charge is 0.414 e. The van der Waals surface area contributed by atoms with Crippen LogP contribution in [0, 0.1) is 12.7 Å². The average Bonchev–Trinajstić information content (AvgIpc) is 3.35. The molecule has 0 bridgehead atoms. The molecule has 0 aliphatic carbocycles. The summed E-state index contributed by atoms with van der Waals surface area (Å²) in [5.74, 6) is -0.944. The van der Waals surface area contributed by atoms with E-state index in [0.29, 0.717) is 33.6 Å². The Labute approximate surface area is 193 Å². The molecule has 11 heteroatoms. The van der Waals surface area contributed by atoms with Crippen molar-refractivity contribution in [3.63, 3.8) is 0 Å². The van der Waals surface area contributed by atoms with Crippen molar-refractivity contribution in [1.82, 2.24) is 10.2 Å². The van der Waals surface area contributed by atoms with Crippen LogP contribution in [-0.2, 0) is 4.74 Å². The summed E-state index contributed by atoms with van der Waals surface area (Å²) in [6.07, 6.45) is -0.531. The molecule has 170 valence electrons. The Morgan fingerprint density at radius 1 is 1.25 bits per heavy atom. The van der Waals surface area contributed by atoms with Crippen LogP contribution in [0.2, 0.25) is 4.34 Å². The van der Waals surface area contributed by atoms with Gasteiger partial charge in [0.1, 0.15) is 11.9 Å². The number of urea groups is 1. The molecule has 4 amide bonds. The van der Waals surface area contributed by atoms with Crippen LogP contribution >= 0.6 is 22.9 Å². The Kier molecular flexibility index (Phi) is 6.25. The minimum absolute atomic E-state index is 0.0768. The lowest BCUT2D eigenvalue weighted by Crippen LogP contribution is -2.47. The first kappa shape index (κ1) is 22.3. The predicted molar refractivity (Wildman–Crippen MR) is 120 cm³/mol. The molecule has 8 nitrogen and oxygen atoms in total. The van der Waals surface area contributed by atoms with Crippen molar-refractivity contribution in [2.24, 2.45) is 0 Å². The van der Waals surface area contributed by atoms with Crippen LogP contribution in [-0.4, -0.2) is 62.3 Å². The fraction of sp³-hybridized carbons (Fsp3) is 0.381. The van der Waals surface area contributed by atoms with Crippen molar-refractivity contribution in [2.75, 3.05) is 43.0 Å². The molecule has 1 atom stereocenters. The maximum atomic E-state index is 15.0. The topological polar surface area (TPSA) is 82.2 Å². The maximum absolute atomic E-state index is 15.0. The summed E-state index contributed by atoms with van der Waals surface area (Å²) in [4.78, 5) is 41.8. The molecule has 1 aromatic carbocycles. The second-order valence-electron chi connectivity index (χ2n) is 7.73. The first-order valence-corrected chi connectivity index (χ1v) is 11.3. The van der Waals surface area contributed by atoms with Crippen LogP contribution in [0.5, 0.6) is 0 Å². The lowest BCUT2D eigenvalue weighted by Gasteiger charge is -2.34. The van der Waals surface area contributed by atoms with Gasteiger partial charge in [0.25, 0.3) is 5.91 Å². The third-order valence-corrected chi connectivity index (χ3v) is 6.67. The van der Waals surface area contributed by atoms with E-state index in [1.165, 1.54) is 11.0 Å². The van der Waals surface area contributed by atoms with Crippen LogP contribution in [0.3, 0.4) is 0 Å². The van der Waals surface area contributed by atoms with Crippen molar-refractivity contribution >= 4 is 52.3 Å². The van der Waals surface area contributed by atoms with Crippen LogP contribution in [0.15, 0.2) is 24.3 Å². The Morgan fingerprint density at radius 2 is 2.03 bits per heavy atom. The lowest BCUT2D eigenvalue weighted by atomic mass is 10.1. The average molecular weight is 481 g/mol. The monoisotopic (exact) mass is 480 g/mol. The highest BCUT2D eigenvalue weighted by molar-refractivity contribution is 7.18. The highest BCUT2D eigenvalue weighted by atomic mass is 35.5. The maximum Gasteiger partial charge on any atom is 0.414 e. The molecule has 3 heterocycles. The van der Waals surface area contributed by atoms with Crippen molar-refractivity contribution in [3.8, 4) is 0 Å². The fourth-order valence-electron chi connectivity index (χ4n) is 3.79. The SMILES string of the molecule is Cc1cc(N2C[C@H](CNC(=O)c3ccc(Cl)s3)OC2=O)c(F)cc1N1CCCN(C)C1=O. The standard InChI is InChI=1S/C21H22ClFN4O4S/c1-12-8-16(14(23)9-15(12)26-7-3-6-25(2)20(26)29)27-11-13(31-21(27)30)10-24-19(28)17-4-5-18(22)32-17/h4-5,8-9,13H,3,6-7,10-11H2,1-2H3,(H,24,28)/t13-/m0/s1. The van der Waals surface area contributed by atoms with Crippen molar-refractivity contribution in [1.29, 1.82) is 0 Å². The molecule has 2 fully saturated rings. The molecule has 1 N–H and O–H groups in total. The van der Waals surface area contributed by atoms with Gasteiger partial charge in [0.05, 0.1) is 33.7 Å². The molecule has 2 saturated heterocycles. The highest BCUT2D eigenvalue weighted by Gasteiger charge is 2.35. The molecule has 0 unspecified atom stereocenters. The van der Waals surface area contributed by atoms with Gasteiger partial charge < -0.3 is 15.0 Å². The summed E-state index contributed by atoms with van der Waals surface area (Å²) in [6.45, 7) is 3.11. The molecule has 2 aliphatic heterocycles. The quantitative estimate of drug-likeness (QED) is 0.704. The highest BCUT2D eigenvalue weighted by Crippen LogP contribution is 2.32. The molecule has 1 aromatic heterocycles. The number of benzene rings is 1. The van der Waals surface area contributed by atoms with Crippen molar-refractivity contribution in [3.05, 3.63) is 44.9 Å². The summed E-state index contributed by atoms with van der Waals surface area (Å²) < 4.78 is 20.8. The molecular formula is C21H22ClFN4O4S. The fourth-order valence-corrected chi connectivity index (χ4v) is 4.75. The van der Waals surface area contributed by atoms with Crippen LogP contribution in [0.4, 0.5) is 25.4 Å². The largest absolute Gasteiger partial charge is 0.442 e. The minimum atomic E-state index is -0.691. The number of thiophene rings is 1. The number of carbonyl (C=O) groups excluding carboxylic acids is 3. The molecule has 4 rings (SSSR count). The van der Waals surface area contributed by atoms with Crippen molar-refractivity contribution in [2.45, 2.75) is 19.4 Å². The first-order chi connectivity index (χ1) is 15.2. The number of nitrogens with zero attached hydrogens (tertiary/aromatic N) is 3. The third-order valence-electron chi connectivity index (χ3n) is 5.44. The second kappa shape index (κ2) is 8.95. The second-order valence-corrected chi connectivity index (χ2v) is 9.44. The molecule has 32 heavy (non-hydrogen) atoms. The van der Waals surface area contributed by atoms with E-state index in [4.69, 9.17) is 16.3 Å². The van der Waals surface area contributed by atoms with Crippen LogP contribution in [0.25, 0.3) is 0 Å². The molecule has 2 aromatic rings. The van der Waals surface area contributed by atoms with Gasteiger partial charge in [0.15, 0.2) is 0 Å². The molecular weight excluding hydrogens is 459 g/mol.